The molecule has 92 valence electrons. The van der Waals surface area contributed by atoms with Crippen LogP contribution in [0.15, 0.2) is 23.3 Å². The molecule has 0 radical (unpaired) electrons. The SMILES string of the molecule is NC(=NCc1ccc(Cl)cn1)NCC1CCC1. The zero-order valence-corrected chi connectivity index (χ0v) is 10.5. The molecule has 0 aliphatic heterocycles. The maximum absolute atomic E-state index is 5.76. The molecule has 1 fully saturated rings. The normalized spacial score (nSPS) is 16.6. The van der Waals surface area contributed by atoms with Crippen LogP contribution < -0.4 is 11.1 Å². The molecule has 2 rings (SSSR count). The fourth-order valence-corrected chi connectivity index (χ4v) is 1.78. The topological polar surface area (TPSA) is 63.3 Å². The minimum Gasteiger partial charge on any atom is -0.370 e. The van der Waals surface area contributed by atoms with Crippen molar-refractivity contribution in [3.05, 3.63) is 29.0 Å². The average Bonchev–Trinajstić information content (AvgIpc) is 2.26. The molecule has 5 heteroatoms. The Kier molecular flexibility index (Phi) is 4.20. The summed E-state index contributed by atoms with van der Waals surface area (Å²) in [7, 11) is 0. The molecule has 17 heavy (non-hydrogen) atoms. The van der Waals surface area contributed by atoms with Gasteiger partial charge in [-0.2, -0.15) is 0 Å². The van der Waals surface area contributed by atoms with Crippen molar-refractivity contribution >= 4 is 17.6 Å². The molecule has 0 saturated heterocycles. The first-order chi connectivity index (χ1) is 8.24. The number of halogens is 1. The third-order valence-corrected chi connectivity index (χ3v) is 3.22. The van der Waals surface area contributed by atoms with Crippen LogP contribution in [0, 0.1) is 5.92 Å². The number of hydrogen-bond donors (Lipinski definition) is 2. The number of nitrogens with one attached hydrogen (secondary N) is 1. The van der Waals surface area contributed by atoms with Crippen LogP contribution in [0.5, 0.6) is 0 Å². The van der Waals surface area contributed by atoms with Gasteiger partial charge in [-0.15, -0.1) is 0 Å². The van der Waals surface area contributed by atoms with Crippen molar-refractivity contribution in [2.75, 3.05) is 6.54 Å². The van der Waals surface area contributed by atoms with Crippen LogP contribution >= 0.6 is 11.6 Å². The third-order valence-electron chi connectivity index (χ3n) is 3.00. The summed E-state index contributed by atoms with van der Waals surface area (Å²) in [4.78, 5) is 8.38. The maximum Gasteiger partial charge on any atom is 0.188 e. The van der Waals surface area contributed by atoms with E-state index in [2.05, 4.69) is 15.3 Å². The number of pyridine rings is 1. The lowest BCUT2D eigenvalue weighted by Crippen LogP contribution is -2.37. The molecule has 1 aliphatic carbocycles. The summed E-state index contributed by atoms with van der Waals surface area (Å²) in [5.74, 6) is 1.27. The second kappa shape index (κ2) is 5.87. The zero-order chi connectivity index (χ0) is 12.1. The number of rotatable bonds is 4. The van der Waals surface area contributed by atoms with Gasteiger partial charge in [0.15, 0.2) is 5.96 Å². The van der Waals surface area contributed by atoms with E-state index in [1.54, 1.807) is 12.3 Å². The van der Waals surface area contributed by atoms with Crippen molar-refractivity contribution in [1.82, 2.24) is 10.3 Å². The van der Waals surface area contributed by atoms with Gasteiger partial charge in [0.05, 0.1) is 17.3 Å². The van der Waals surface area contributed by atoms with Crippen molar-refractivity contribution in [1.29, 1.82) is 0 Å². The van der Waals surface area contributed by atoms with E-state index in [1.807, 2.05) is 6.07 Å². The number of guanidine groups is 1. The number of nitrogens with zero attached hydrogens (tertiary/aromatic N) is 2. The summed E-state index contributed by atoms with van der Waals surface area (Å²) in [6, 6.07) is 3.66. The van der Waals surface area contributed by atoms with Gasteiger partial charge in [0.25, 0.3) is 0 Å². The second-order valence-electron chi connectivity index (χ2n) is 4.35. The summed E-state index contributed by atoms with van der Waals surface area (Å²) >= 11 is 5.75. The Morgan fingerprint density at radius 3 is 2.94 bits per heavy atom. The molecule has 1 aromatic heterocycles. The van der Waals surface area contributed by atoms with E-state index in [-0.39, 0.29) is 0 Å². The van der Waals surface area contributed by atoms with Crippen LogP contribution in [0.4, 0.5) is 0 Å². The highest BCUT2D eigenvalue weighted by atomic mass is 35.5. The minimum atomic E-state index is 0.487. The first kappa shape index (κ1) is 12.2. The number of aromatic nitrogens is 1. The summed E-state index contributed by atoms with van der Waals surface area (Å²) in [5.41, 5.74) is 6.63. The van der Waals surface area contributed by atoms with Crippen molar-refractivity contribution in [2.24, 2.45) is 16.6 Å². The molecule has 0 bridgehead atoms. The highest BCUT2D eigenvalue weighted by Gasteiger charge is 2.16. The second-order valence-corrected chi connectivity index (χ2v) is 4.78. The predicted octanol–water partition coefficient (Wildman–Crippen LogP) is 1.94. The zero-order valence-electron chi connectivity index (χ0n) is 9.69. The molecule has 0 unspecified atom stereocenters. The molecule has 1 aromatic rings. The maximum atomic E-state index is 5.76. The molecular weight excluding hydrogens is 236 g/mol. The van der Waals surface area contributed by atoms with Gasteiger partial charge in [0.1, 0.15) is 0 Å². The molecule has 0 atom stereocenters. The molecule has 0 spiro atoms. The van der Waals surface area contributed by atoms with Gasteiger partial charge in [0, 0.05) is 12.7 Å². The largest absolute Gasteiger partial charge is 0.370 e. The van der Waals surface area contributed by atoms with Gasteiger partial charge in [-0.3, -0.25) is 4.98 Å². The van der Waals surface area contributed by atoms with Crippen LogP contribution in [-0.4, -0.2) is 17.5 Å². The molecule has 1 heterocycles. The lowest BCUT2D eigenvalue weighted by atomic mass is 9.85. The van der Waals surface area contributed by atoms with Crippen LogP contribution in [0.2, 0.25) is 5.02 Å². The Balaban J connectivity index is 1.76. The number of aliphatic imine (C=N–C) groups is 1. The molecule has 0 aromatic carbocycles. The van der Waals surface area contributed by atoms with E-state index in [0.717, 1.165) is 18.2 Å². The van der Waals surface area contributed by atoms with Gasteiger partial charge in [-0.25, -0.2) is 4.99 Å². The highest BCUT2D eigenvalue weighted by Crippen LogP contribution is 2.24. The summed E-state index contributed by atoms with van der Waals surface area (Å²) < 4.78 is 0. The van der Waals surface area contributed by atoms with Gasteiger partial charge in [-0.05, 0) is 30.9 Å². The Morgan fingerprint density at radius 1 is 1.53 bits per heavy atom. The third kappa shape index (κ3) is 3.89. The van der Waals surface area contributed by atoms with E-state index in [9.17, 15) is 0 Å². The van der Waals surface area contributed by atoms with Gasteiger partial charge < -0.3 is 11.1 Å². The van der Waals surface area contributed by atoms with Crippen LogP contribution in [0.3, 0.4) is 0 Å². The smallest absolute Gasteiger partial charge is 0.188 e. The number of nitrogens with two attached hydrogens (primary N) is 1. The molecule has 0 amide bonds. The first-order valence-corrected chi connectivity index (χ1v) is 6.26. The predicted molar refractivity (Wildman–Crippen MR) is 69.9 cm³/mol. The lowest BCUT2D eigenvalue weighted by molar-refractivity contribution is 0.315. The van der Waals surface area contributed by atoms with Crippen molar-refractivity contribution in [3.8, 4) is 0 Å². The minimum absolute atomic E-state index is 0.487. The fourth-order valence-electron chi connectivity index (χ4n) is 1.67. The Hall–Kier alpha value is -1.29. The van der Waals surface area contributed by atoms with E-state index in [1.165, 1.54) is 19.3 Å². The first-order valence-electron chi connectivity index (χ1n) is 5.88. The van der Waals surface area contributed by atoms with Crippen molar-refractivity contribution in [3.63, 3.8) is 0 Å². The van der Waals surface area contributed by atoms with Gasteiger partial charge >= 0.3 is 0 Å². The molecule has 1 saturated carbocycles. The molecule has 4 nitrogen and oxygen atoms in total. The number of hydrogen-bond acceptors (Lipinski definition) is 2. The highest BCUT2D eigenvalue weighted by molar-refractivity contribution is 6.30. The van der Waals surface area contributed by atoms with Gasteiger partial charge in [-0.1, -0.05) is 18.0 Å². The van der Waals surface area contributed by atoms with Crippen molar-refractivity contribution in [2.45, 2.75) is 25.8 Å². The standard InChI is InChI=1S/C12H17ClN4/c13-10-4-5-11(15-7-10)8-17-12(14)16-6-9-2-1-3-9/h4-5,7,9H,1-3,6,8H2,(H3,14,16,17). The van der Waals surface area contributed by atoms with Gasteiger partial charge in [0.2, 0.25) is 0 Å². The Labute approximate surface area is 106 Å². The summed E-state index contributed by atoms with van der Waals surface area (Å²) in [6.45, 7) is 1.42. The Bertz CT molecular complexity index is 384. The fraction of sp³-hybridized carbons (Fsp3) is 0.500. The Morgan fingerprint density at radius 2 is 2.35 bits per heavy atom. The van der Waals surface area contributed by atoms with Crippen LogP contribution in [0.1, 0.15) is 25.0 Å². The summed E-state index contributed by atoms with van der Waals surface area (Å²) in [5, 5.41) is 3.77. The molecule has 3 N–H and O–H groups in total. The van der Waals surface area contributed by atoms with E-state index in [4.69, 9.17) is 17.3 Å². The van der Waals surface area contributed by atoms with Crippen LogP contribution in [-0.2, 0) is 6.54 Å². The van der Waals surface area contributed by atoms with Crippen molar-refractivity contribution < 1.29 is 0 Å². The summed E-state index contributed by atoms with van der Waals surface area (Å²) in [6.07, 6.45) is 5.57. The van der Waals surface area contributed by atoms with Crippen LogP contribution in [0.25, 0.3) is 0 Å². The lowest BCUT2D eigenvalue weighted by Gasteiger charge is -2.25. The molecular formula is C12H17ClN4. The average molecular weight is 253 g/mol. The monoisotopic (exact) mass is 252 g/mol. The quantitative estimate of drug-likeness (QED) is 0.636. The van der Waals surface area contributed by atoms with E-state index < -0.39 is 0 Å². The van der Waals surface area contributed by atoms with E-state index >= 15 is 0 Å². The molecule has 1 aliphatic rings. The van der Waals surface area contributed by atoms with E-state index in [0.29, 0.717) is 17.5 Å².